The van der Waals surface area contributed by atoms with Crippen molar-refractivity contribution < 1.29 is 8.78 Å². The maximum absolute atomic E-state index is 14.3. The molecular weight excluding hydrogens is 338 g/mol. The van der Waals surface area contributed by atoms with Gasteiger partial charge in [0.1, 0.15) is 5.69 Å². The third kappa shape index (κ3) is 3.24. The van der Waals surface area contributed by atoms with Crippen molar-refractivity contribution in [1.29, 1.82) is 0 Å². The number of anilines is 1. The average molecular weight is 361 g/mol. The summed E-state index contributed by atoms with van der Waals surface area (Å²) in [5, 5.41) is 3.59. The Kier molecular flexibility index (Phi) is 5.25. The molecule has 0 aliphatic carbocycles. The zero-order chi connectivity index (χ0) is 15.6. The molecule has 1 unspecified atom stereocenters. The highest BCUT2D eigenvalue weighted by Crippen LogP contribution is 2.33. The molecule has 1 aromatic rings. The Morgan fingerprint density at radius 3 is 2.29 bits per heavy atom. The second-order valence-corrected chi connectivity index (χ2v) is 6.69. The van der Waals surface area contributed by atoms with E-state index in [1.54, 1.807) is 0 Å². The SMILES string of the molecule is CCC1CNC(CC)(CC)CN1c1c(F)cc(Br)cc1F. The van der Waals surface area contributed by atoms with Crippen LogP contribution in [0.5, 0.6) is 0 Å². The number of rotatable bonds is 4. The minimum atomic E-state index is -0.497. The summed E-state index contributed by atoms with van der Waals surface area (Å²) >= 11 is 3.14. The van der Waals surface area contributed by atoms with Gasteiger partial charge in [-0.3, -0.25) is 0 Å². The summed E-state index contributed by atoms with van der Waals surface area (Å²) in [4.78, 5) is 1.92. The van der Waals surface area contributed by atoms with Gasteiger partial charge < -0.3 is 10.2 Å². The van der Waals surface area contributed by atoms with E-state index in [0.29, 0.717) is 11.0 Å². The molecule has 2 rings (SSSR count). The zero-order valence-corrected chi connectivity index (χ0v) is 14.4. The van der Waals surface area contributed by atoms with Gasteiger partial charge in [0, 0.05) is 29.1 Å². The summed E-state index contributed by atoms with van der Waals surface area (Å²) in [6, 6.07) is 2.79. The number of hydrogen-bond acceptors (Lipinski definition) is 2. The second kappa shape index (κ2) is 6.61. The van der Waals surface area contributed by atoms with E-state index in [4.69, 9.17) is 0 Å². The van der Waals surface area contributed by atoms with Gasteiger partial charge in [0.05, 0.1) is 0 Å². The smallest absolute Gasteiger partial charge is 0.150 e. The summed E-state index contributed by atoms with van der Waals surface area (Å²) in [7, 11) is 0. The van der Waals surface area contributed by atoms with Crippen LogP contribution in [0.25, 0.3) is 0 Å². The Morgan fingerprint density at radius 2 is 1.81 bits per heavy atom. The Bertz CT molecular complexity index is 480. The molecule has 0 amide bonds. The van der Waals surface area contributed by atoms with Gasteiger partial charge in [0.15, 0.2) is 11.6 Å². The van der Waals surface area contributed by atoms with Gasteiger partial charge in [0.25, 0.3) is 0 Å². The van der Waals surface area contributed by atoms with Crippen LogP contribution in [0.2, 0.25) is 0 Å². The van der Waals surface area contributed by atoms with Gasteiger partial charge in [-0.15, -0.1) is 0 Å². The van der Waals surface area contributed by atoms with Crippen molar-refractivity contribution in [3.63, 3.8) is 0 Å². The molecule has 0 saturated carbocycles. The molecule has 5 heteroatoms. The highest BCUT2D eigenvalue weighted by molar-refractivity contribution is 9.10. The molecule has 1 aliphatic heterocycles. The van der Waals surface area contributed by atoms with Gasteiger partial charge in [-0.05, 0) is 31.4 Å². The van der Waals surface area contributed by atoms with Crippen LogP contribution < -0.4 is 10.2 Å². The number of piperazine rings is 1. The highest BCUT2D eigenvalue weighted by Gasteiger charge is 2.38. The van der Waals surface area contributed by atoms with Crippen molar-refractivity contribution >= 4 is 21.6 Å². The number of halogens is 3. The summed E-state index contributed by atoms with van der Waals surface area (Å²) in [5.41, 5.74) is 0.0373. The summed E-state index contributed by atoms with van der Waals surface area (Å²) in [6.45, 7) is 7.69. The van der Waals surface area contributed by atoms with Crippen LogP contribution >= 0.6 is 15.9 Å². The predicted molar refractivity (Wildman–Crippen MR) is 86.8 cm³/mol. The third-order valence-corrected chi connectivity index (χ3v) is 5.18. The fourth-order valence-electron chi connectivity index (χ4n) is 3.11. The quantitative estimate of drug-likeness (QED) is 0.851. The van der Waals surface area contributed by atoms with E-state index in [1.165, 1.54) is 12.1 Å². The Balaban J connectivity index is 2.43. The molecule has 1 heterocycles. The lowest BCUT2D eigenvalue weighted by Crippen LogP contribution is -2.64. The molecule has 0 radical (unpaired) electrons. The molecule has 1 saturated heterocycles. The lowest BCUT2D eigenvalue weighted by atomic mass is 9.87. The molecule has 2 nitrogen and oxygen atoms in total. The van der Waals surface area contributed by atoms with Crippen LogP contribution in [-0.2, 0) is 0 Å². The fraction of sp³-hybridized carbons (Fsp3) is 0.625. The first kappa shape index (κ1) is 16.7. The van der Waals surface area contributed by atoms with Crippen molar-refractivity contribution in [3.8, 4) is 0 Å². The standard InChI is InChI=1S/C16H23BrF2N2/c1-4-12-9-20-16(5-2,6-3)10-21(12)15-13(18)7-11(17)8-14(15)19/h7-8,12,20H,4-6,9-10H2,1-3H3. The van der Waals surface area contributed by atoms with Gasteiger partial charge in [-0.25, -0.2) is 8.78 Å². The molecule has 21 heavy (non-hydrogen) atoms. The van der Waals surface area contributed by atoms with Gasteiger partial charge >= 0.3 is 0 Å². The summed E-state index contributed by atoms with van der Waals surface area (Å²) in [6.07, 6.45) is 2.73. The van der Waals surface area contributed by atoms with Crippen molar-refractivity contribution in [2.24, 2.45) is 0 Å². The molecule has 1 aliphatic rings. The summed E-state index contributed by atoms with van der Waals surface area (Å²) in [5.74, 6) is -0.994. The van der Waals surface area contributed by atoms with Crippen LogP contribution in [-0.4, -0.2) is 24.7 Å². The zero-order valence-electron chi connectivity index (χ0n) is 12.8. The largest absolute Gasteiger partial charge is 0.361 e. The van der Waals surface area contributed by atoms with E-state index in [-0.39, 0.29) is 17.3 Å². The Hall–Kier alpha value is -0.680. The van der Waals surface area contributed by atoms with E-state index >= 15 is 0 Å². The molecule has 1 aromatic carbocycles. The van der Waals surface area contributed by atoms with Crippen LogP contribution in [0, 0.1) is 11.6 Å². The fourth-order valence-corrected chi connectivity index (χ4v) is 3.52. The molecule has 0 spiro atoms. The molecule has 1 fully saturated rings. The number of nitrogens with zero attached hydrogens (tertiary/aromatic N) is 1. The molecule has 118 valence electrons. The number of benzene rings is 1. The van der Waals surface area contributed by atoms with E-state index in [1.807, 2.05) is 4.90 Å². The third-order valence-electron chi connectivity index (χ3n) is 4.72. The van der Waals surface area contributed by atoms with Crippen molar-refractivity contribution in [3.05, 3.63) is 28.2 Å². The monoisotopic (exact) mass is 360 g/mol. The number of hydrogen-bond donors (Lipinski definition) is 1. The lowest BCUT2D eigenvalue weighted by Gasteiger charge is -2.48. The maximum atomic E-state index is 14.3. The van der Waals surface area contributed by atoms with Gasteiger partial charge in [-0.2, -0.15) is 0 Å². The van der Waals surface area contributed by atoms with E-state index < -0.39 is 11.6 Å². The van der Waals surface area contributed by atoms with Crippen LogP contribution in [0.15, 0.2) is 16.6 Å². The Labute approximate surface area is 134 Å². The van der Waals surface area contributed by atoms with Crippen molar-refractivity contribution in [2.45, 2.75) is 51.6 Å². The predicted octanol–water partition coefficient (Wildman–Crippen LogP) is 4.47. The molecule has 0 bridgehead atoms. The van der Waals surface area contributed by atoms with Gasteiger partial charge in [0.2, 0.25) is 0 Å². The first-order valence-corrected chi connectivity index (χ1v) is 8.41. The van der Waals surface area contributed by atoms with Crippen LogP contribution in [0.1, 0.15) is 40.0 Å². The van der Waals surface area contributed by atoms with E-state index in [0.717, 1.165) is 25.8 Å². The topological polar surface area (TPSA) is 15.3 Å². The highest BCUT2D eigenvalue weighted by atomic mass is 79.9. The lowest BCUT2D eigenvalue weighted by molar-refractivity contribution is 0.243. The normalized spacial score (nSPS) is 21.6. The summed E-state index contributed by atoms with van der Waals surface area (Å²) < 4.78 is 29.1. The van der Waals surface area contributed by atoms with Crippen molar-refractivity contribution in [2.75, 3.05) is 18.0 Å². The minimum Gasteiger partial charge on any atom is -0.361 e. The second-order valence-electron chi connectivity index (χ2n) is 5.78. The first-order chi connectivity index (χ1) is 9.96. The van der Waals surface area contributed by atoms with E-state index in [9.17, 15) is 8.78 Å². The van der Waals surface area contributed by atoms with Crippen LogP contribution in [0.3, 0.4) is 0 Å². The van der Waals surface area contributed by atoms with Gasteiger partial charge in [-0.1, -0.05) is 36.7 Å². The van der Waals surface area contributed by atoms with E-state index in [2.05, 4.69) is 42.0 Å². The number of nitrogens with one attached hydrogen (secondary N) is 1. The average Bonchev–Trinajstić information content (AvgIpc) is 2.46. The molecular formula is C16H23BrF2N2. The maximum Gasteiger partial charge on any atom is 0.150 e. The molecule has 0 aromatic heterocycles. The first-order valence-electron chi connectivity index (χ1n) is 7.62. The molecule has 1 N–H and O–H groups in total. The minimum absolute atomic E-state index is 0.0718. The van der Waals surface area contributed by atoms with Crippen molar-refractivity contribution in [1.82, 2.24) is 5.32 Å². The van der Waals surface area contributed by atoms with Crippen LogP contribution in [0.4, 0.5) is 14.5 Å². The molecule has 1 atom stereocenters. The Morgan fingerprint density at radius 1 is 1.24 bits per heavy atom.